The second-order valence-corrected chi connectivity index (χ2v) is 9.65. The Bertz CT molecular complexity index is 1330. The summed E-state index contributed by atoms with van der Waals surface area (Å²) in [6, 6.07) is 5.90. The van der Waals surface area contributed by atoms with Gasteiger partial charge in [-0.15, -0.1) is 21.5 Å². The maximum atomic E-state index is 13.9. The number of hydrogen-bond acceptors (Lipinski definition) is 6. The van der Waals surface area contributed by atoms with Gasteiger partial charge in [0.2, 0.25) is 11.7 Å². The fourth-order valence-electron chi connectivity index (χ4n) is 3.09. The van der Waals surface area contributed by atoms with E-state index in [1.165, 1.54) is 35.2 Å². The van der Waals surface area contributed by atoms with Crippen molar-refractivity contribution >= 4 is 62.3 Å². The first-order valence-electron chi connectivity index (χ1n) is 9.58. The number of halogens is 2. The van der Waals surface area contributed by atoms with E-state index >= 15 is 0 Å². The zero-order valence-corrected chi connectivity index (χ0v) is 19.2. The predicted octanol–water partition coefficient (Wildman–Crippen LogP) is 4.68. The molecule has 1 aromatic carbocycles. The summed E-state index contributed by atoms with van der Waals surface area (Å²) in [5.41, 5.74) is 0.685. The summed E-state index contributed by atoms with van der Waals surface area (Å²) in [6.07, 6.45) is 0.830. The minimum atomic E-state index is -0.604. The molecule has 0 saturated heterocycles. The third kappa shape index (κ3) is 4.46. The molecule has 0 aliphatic heterocycles. The summed E-state index contributed by atoms with van der Waals surface area (Å²) in [5, 5.41) is 13.6. The molecule has 1 N–H and O–H groups in total. The third-order valence-electron chi connectivity index (χ3n) is 4.65. The summed E-state index contributed by atoms with van der Waals surface area (Å²) in [5.74, 6) is -0.118. The molecule has 0 unspecified atom stereocenters. The molecule has 0 bridgehead atoms. The molecule has 4 aromatic rings. The largest absolute Gasteiger partial charge is 0.323 e. The van der Waals surface area contributed by atoms with Crippen molar-refractivity contribution in [2.24, 2.45) is 5.92 Å². The van der Waals surface area contributed by atoms with Gasteiger partial charge in [-0.2, -0.15) is 0 Å². The summed E-state index contributed by atoms with van der Waals surface area (Å²) in [7, 11) is 0. The van der Waals surface area contributed by atoms with Crippen molar-refractivity contribution in [3.8, 4) is 0 Å². The number of aryl methyl sites for hydroxylation is 1. The molecule has 0 atom stereocenters. The monoisotopic (exact) mass is 479 g/mol. The maximum absolute atomic E-state index is 13.9. The average molecular weight is 480 g/mol. The van der Waals surface area contributed by atoms with E-state index in [1.54, 1.807) is 8.97 Å². The van der Waals surface area contributed by atoms with Crippen LogP contribution in [0.4, 0.5) is 10.1 Å². The number of hydrogen-bond donors (Lipinski definition) is 1. The number of benzene rings is 1. The number of thiophene rings is 1. The molecule has 0 aliphatic rings. The Balaban J connectivity index is 1.61. The van der Waals surface area contributed by atoms with E-state index in [0.717, 1.165) is 12.5 Å². The van der Waals surface area contributed by atoms with Crippen LogP contribution in [0.25, 0.3) is 16.0 Å². The van der Waals surface area contributed by atoms with Gasteiger partial charge in [-0.3, -0.25) is 18.6 Å². The first kappa shape index (κ1) is 21.8. The van der Waals surface area contributed by atoms with Crippen molar-refractivity contribution in [2.75, 3.05) is 11.1 Å². The highest BCUT2D eigenvalue weighted by molar-refractivity contribution is 7.99. The van der Waals surface area contributed by atoms with Crippen LogP contribution in [0.2, 0.25) is 5.02 Å². The number of fused-ring (bicyclic) bond motifs is 3. The molecule has 3 heterocycles. The Kier molecular flexibility index (Phi) is 6.31. The molecule has 0 aliphatic carbocycles. The molecule has 31 heavy (non-hydrogen) atoms. The van der Waals surface area contributed by atoms with E-state index in [-0.39, 0.29) is 22.0 Å². The highest BCUT2D eigenvalue weighted by Gasteiger charge is 2.19. The molecule has 4 rings (SSSR count). The molecule has 0 saturated carbocycles. The molecule has 11 heteroatoms. The van der Waals surface area contributed by atoms with Gasteiger partial charge >= 0.3 is 0 Å². The van der Waals surface area contributed by atoms with Crippen LogP contribution in [0.3, 0.4) is 0 Å². The highest BCUT2D eigenvalue weighted by Crippen LogP contribution is 2.25. The lowest BCUT2D eigenvalue weighted by Gasteiger charge is -2.10. The summed E-state index contributed by atoms with van der Waals surface area (Å²) in [6.45, 7) is 4.73. The van der Waals surface area contributed by atoms with Crippen molar-refractivity contribution in [3.63, 3.8) is 0 Å². The molecule has 0 spiro atoms. The van der Waals surface area contributed by atoms with Crippen molar-refractivity contribution in [1.29, 1.82) is 0 Å². The van der Waals surface area contributed by atoms with E-state index < -0.39 is 11.7 Å². The number of thioether (sulfide) groups is 1. The van der Waals surface area contributed by atoms with E-state index in [1.807, 2.05) is 11.4 Å². The molecule has 3 aromatic heterocycles. The average Bonchev–Trinajstić information content (AvgIpc) is 3.35. The number of nitrogens with zero attached hydrogens (tertiary/aromatic N) is 4. The topological polar surface area (TPSA) is 81.3 Å². The number of carbonyl (C=O) groups is 1. The minimum Gasteiger partial charge on any atom is -0.323 e. The second-order valence-electron chi connectivity index (χ2n) is 7.35. The third-order valence-corrected chi connectivity index (χ3v) is 6.71. The van der Waals surface area contributed by atoms with Gasteiger partial charge in [-0.25, -0.2) is 4.39 Å². The number of carbonyl (C=O) groups excluding carboxylic acids is 1. The quantitative estimate of drug-likeness (QED) is 0.389. The van der Waals surface area contributed by atoms with E-state index in [0.29, 0.717) is 33.6 Å². The van der Waals surface area contributed by atoms with Crippen LogP contribution in [0.1, 0.15) is 20.3 Å². The Morgan fingerprint density at radius 3 is 2.87 bits per heavy atom. The molecule has 1 amide bonds. The molecular formula is C20H19ClFN5O2S2. The zero-order chi connectivity index (χ0) is 22.1. The Morgan fingerprint density at radius 1 is 1.32 bits per heavy atom. The molecule has 7 nitrogen and oxygen atoms in total. The Labute approximate surface area is 190 Å². The smallest absolute Gasteiger partial charge is 0.272 e. The van der Waals surface area contributed by atoms with Crippen molar-refractivity contribution in [2.45, 2.75) is 32.0 Å². The van der Waals surface area contributed by atoms with Crippen LogP contribution < -0.4 is 10.9 Å². The van der Waals surface area contributed by atoms with Gasteiger partial charge in [0.05, 0.1) is 17.0 Å². The summed E-state index contributed by atoms with van der Waals surface area (Å²) < 4.78 is 18.0. The van der Waals surface area contributed by atoms with Crippen molar-refractivity contribution in [1.82, 2.24) is 19.2 Å². The van der Waals surface area contributed by atoms with Gasteiger partial charge in [-0.1, -0.05) is 37.2 Å². The minimum absolute atomic E-state index is 0.000386. The first-order chi connectivity index (χ1) is 14.8. The maximum Gasteiger partial charge on any atom is 0.272 e. The number of rotatable bonds is 7. The second kappa shape index (κ2) is 8.97. The summed E-state index contributed by atoms with van der Waals surface area (Å²) in [4.78, 5) is 25.3. The number of aromatic nitrogens is 4. The summed E-state index contributed by atoms with van der Waals surface area (Å²) >= 11 is 8.28. The van der Waals surface area contributed by atoms with Crippen LogP contribution in [0.5, 0.6) is 0 Å². The van der Waals surface area contributed by atoms with Gasteiger partial charge in [0.15, 0.2) is 5.16 Å². The van der Waals surface area contributed by atoms with Gasteiger partial charge in [0, 0.05) is 11.6 Å². The SMILES string of the molecule is CC(C)CCn1c(=O)c2sccc2n2c(SCC(=O)Nc3ccc(Cl)cc3F)nnc12. The predicted molar refractivity (Wildman–Crippen MR) is 123 cm³/mol. The van der Waals surface area contributed by atoms with Crippen LogP contribution in [-0.4, -0.2) is 30.8 Å². The van der Waals surface area contributed by atoms with Gasteiger partial charge in [-0.05, 0) is 42.0 Å². The molecular weight excluding hydrogens is 461 g/mol. The number of amides is 1. The molecule has 0 fully saturated rings. The van der Waals surface area contributed by atoms with Crippen LogP contribution >= 0.6 is 34.7 Å². The first-order valence-corrected chi connectivity index (χ1v) is 11.8. The van der Waals surface area contributed by atoms with Gasteiger partial charge in [0.1, 0.15) is 10.5 Å². The lowest BCUT2D eigenvalue weighted by Crippen LogP contribution is -2.23. The highest BCUT2D eigenvalue weighted by atomic mass is 35.5. The number of anilines is 1. The standard InChI is InChI=1S/C20H19ClFN5O2S2/c1-11(2)5-7-26-18(29)17-15(6-8-30-17)27-19(26)24-25-20(27)31-10-16(28)23-14-4-3-12(21)9-13(14)22/h3-4,6,8-9,11H,5,7,10H2,1-2H3,(H,23,28). The Morgan fingerprint density at radius 2 is 2.13 bits per heavy atom. The fraction of sp³-hybridized carbons (Fsp3) is 0.300. The zero-order valence-electron chi connectivity index (χ0n) is 16.8. The lowest BCUT2D eigenvalue weighted by molar-refractivity contribution is -0.113. The molecule has 162 valence electrons. The van der Waals surface area contributed by atoms with Crippen LogP contribution in [0.15, 0.2) is 39.6 Å². The number of nitrogens with one attached hydrogen (secondary N) is 1. The fourth-order valence-corrected chi connectivity index (χ4v) is 4.81. The normalized spacial score (nSPS) is 11.6. The van der Waals surface area contributed by atoms with Gasteiger partial charge < -0.3 is 5.32 Å². The van der Waals surface area contributed by atoms with Crippen molar-refractivity contribution in [3.05, 3.63) is 50.8 Å². The van der Waals surface area contributed by atoms with E-state index in [4.69, 9.17) is 11.6 Å². The van der Waals surface area contributed by atoms with Crippen LogP contribution in [-0.2, 0) is 11.3 Å². The van der Waals surface area contributed by atoms with E-state index in [9.17, 15) is 14.0 Å². The lowest BCUT2D eigenvalue weighted by atomic mass is 10.1. The Hall–Kier alpha value is -2.43. The van der Waals surface area contributed by atoms with Crippen molar-refractivity contribution < 1.29 is 9.18 Å². The van der Waals surface area contributed by atoms with E-state index in [2.05, 4.69) is 29.4 Å². The van der Waals surface area contributed by atoms with Crippen LogP contribution in [0, 0.1) is 11.7 Å². The van der Waals surface area contributed by atoms with Gasteiger partial charge in [0.25, 0.3) is 5.56 Å². The molecule has 0 radical (unpaired) electrons.